The van der Waals surface area contributed by atoms with Gasteiger partial charge in [0.25, 0.3) is 0 Å². The number of carbonyl (C=O) groups is 1. The van der Waals surface area contributed by atoms with Crippen LogP contribution in [0.1, 0.15) is 20.3 Å². The summed E-state index contributed by atoms with van der Waals surface area (Å²) < 4.78 is 22.9. The van der Waals surface area contributed by atoms with Gasteiger partial charge in [-0.15, -0.1) is 0 Å². The molecule has 0 unspecified atom stereocenters. The SMILES string of the molecule is C/C=C/[C@]1(OC(=O)CC)C(Br)=CC(OC)(OC)[C@H]2O[C@H]21. The first-order chi connectivity index (χ1) is 9.49. The highest BCUT2D eigenvalue weighted by molar-refractivity contribution is 9.11. The third-order valence-corrected chi connectivity index (χ3v) is 4.48. The Morgan fingerprint density at radius 1 is 1.45 bits per heavy atom. The van der Waals surface area contributed by atoms with E-state index in [2.05, 4.69) is 15.9 Å². The van der Waals surface area contributed by atoms with Crippen molar-refractivity contribution in [2.75, 3.05) is 14.2 Å². The number of esters is 1. The molecule has 2 aliphatic rings. The number of carbonyl (C=O) groups excluding carboxylic acids is 1. The Hall–Kier alpha value is -0.690. The third-order valence-electron chi connectivity index (χ3n) is 3.64. The predicted octanol–water partition coefficient (Wildman–Crippen LogP) is 2.30. The van der Waals surface area contributed by atoms with Crippen molar-refractivity contribution in [3.05, 3.63) is 22.7 Å². The van der Waals surface area contributed by atoms with Gasteiger partial charge < -0.3 is 18.9 Å². The third kappa shape index (κ3) is 2.24. The van der Waals surface area contributed by atoms with Gasteiger partial charge in [0.15, 0.2) is 5.60 Å². The Kier molecular flexibility index (Phi) is 4.39. The van der Waals surface area contributed by atoms with Crippen molar-refractivity contribution in [2.45, 2.75) is 43.9 Å². The molecule has 1 saturated heterocycles. The maximum Gasteiger partial charge on any atom is 0.306 e. The number of halogens is 1. The molecule has 0 saturated carbocycles. The van der Waals surface area contributed by atoms with Gasteiger partial charge in [-0.1, -0.05) is 28.9 Å². The smallest absolute Gasteiger partial charge is 0.306 e. The molecule has 1 heterocycles. The van der Waals surface area contributed by atoms with Crippen LogP contribution in [0.25, 0.3) is 0 Å². The molecule has 112 valence electrons. The summed E-state index contributed by atoms with van der Waals surface area (Å²) in [6, 6.07) is 0. The van der Waals surface area contributed by atoms with E-state index in [4.69, 9.17) is 18.9 Å². The second-order valence-electron chi connectivity index (χ2n) is 4.72. The largest absolute Gasteiger partial charge is 0.446 e. The van der Waals surface area contributed by atoms with Crippen LogP contribution in [0.4, 0.5) is 0 Å². The molecule has 1 fully saturated rings. The Bertz CT molecular complexity index is 454. The van der Waals surface area contributed by atoms with Gasteiger partial charge in [-0.2, -0.15) is 0 Å². The predicted molar refractivity (Wildman–Crippen MR) is 76.3 cm³/mol. The van der Waals surface area contributed by atoms with E-state index < -0.39 is 11.4 Å². The Morgan fingerprint density at radius 3 is 2.60 bits per heavy atom. The van der Waals surface area contributed by atoms with E-state index in [1.807, 2.05) is 19.1 Å². The van der Waals surface area contributed by atoms with Crippen LogP contribution in [0.2, 0.25) is 0 Å². The van der Waals surface area contributed by atoms with Crippen LogP contribution in [-0.2, 0) is 23.7 Å². The lowest BCUT2D eigenvalue weighted by molar-refractivity contribution is -0.186. The van der Waals surface area contributed by atoms with Crippen LogP contribution < -0.4 is 0 Å². The molecule has 0 bridgehead atoms. The van der Waals surface area contributed by atoms with Crippen molar-refractivity contribution in [3.8, 4) is 0 Å². The molecule has 0 amide bonds. The van der Waals surface area contributed by atoms with E-state index in [9.17, 15) is 4.79 Å². The van der Waals surface area contributed by atoms with E-state index in [0.29, 0.717) is 10.9 Å². The van der Waals surface area contributed by atoms with Gasteiger partial charge in [-0.05, 0) is 19.1 Å². The van der Waals surface area contributed by atoms with Crippen LogP contribution in [-0.4, -0.2) is 43.8 Å². The zero-order chi connectivity index (χ0) is 15.0. The highest BCUT2D eigenvalue weighted by Gasteiger charge is 2.69. The van der Waals surface area contributed by atoms with Gasteiger partial charge in [0.05, 0.1) is 0 Å². The second-order valence-corrected chi connectivity index (χ2v) is 5.57. The van der Waals surface area contributed by atoms with Crippen LogP contribution >= 0.6 is 15.9 Å². The molecule has 1 aliphatic carbocycles. The van der Waals surface area contributed by atoms with Gasteiger partial charge in [-0.3, -0.25) is 4.79 Å². The summed E-state index contributed by atoms with van der Waals surface area (Å²) in [6.07, 6.45) is 5.08. The highest BCUT2D eigenvalue weighted by atomic mass is 79.9. The molecule has 1 aliphatic heterocycles. The maximum absolute atomic E-state index is 11.7. The minimum atomic E-state index is -0.951. The molecular formula is C14H19BrO5. The minimum Gasteiger partial charge on any atom is -0.446 e. The number of epoxide rings is 1. The summed E-state index contributed by atoms with van der Waals surface area (Å²) in [5, 5.41) is 0. The summed E-state index contributed by atoms with van der Waals surface area (Å²) in [5.41, 5.74) is -0.937. The zero-order valence-corrected chi connectivity index (χ0v) is 13.6. The number of methoxy groups -OCH3 is 2. The van der Waals surface area contributed by atoms with Crippen molar-refractivity contribution in [1.82, 2.24) is 0 Å². The van der Waals surface area contributed by atoms with E-state index in [0.717, 1.165) is 0 Å². The Morgan fingerprint density at radius 2 is 2.10 bits per heavy atom. The lowest BCUT2D eigenvalue weighted by Crippen LogP contribution is -2.51. The van der Waals surface area contributed by atoms with Gasteiger partial charge in [0.2, 0.25) is 5.79 Å². The number of allylic oxidation sites excluding steroid dienone is 1. The van der Waals surface area contributed by atoms with E-state index in [1.54, 1.807) is 27.2 Å². The quantitative estimate of drug-likeness (QED) is 0.331. The number of fused-ring (bicyclic) bond motifs is 1. The van der Waals surface area contributed by atoms with Crippen LogP contribution in [0.15, 0.2) is 22.7 Å². The molecule has 0 aromatic heterocycles. The van der Waals surface area contributed by atoms with Crippen LogP contribution in [0.5, 0.6) is 0 Å². The van der Waals surface area contributed by atoms with Gasteiger partial charge in [-0.25, -0.2) is 0 Å². The Balaban J connectivity index is 2.43. The van der Waals surface area contributed by atoms with Crippen molar-refractivity contribution in [2.24, 2.45) is 0 Å². The molecule has 6 heteroatoms. The van der Waals surface area contributed by atoms with E-state index >= 15 is 0 Å². The fourth-order valence-corrected chi connectivity index (χ4v) is 3.27. The van der Waals surface area contributed by atoms with Crippen molar-refractivity contribution in [3.63, 3.8) is 0 Å². The number of hydrogen-bond acceptors (Lipinski definition) is 5. The standard InChI is InChI=1S/C14H19BrO5/c1-5-7-13(20-10(16)6-2)9(15)8-14(17-3,18-4)12-11(13)19-12/h5,7-8,11-12H,6H2,1-4H3/b7-5+/t11-,12+,13+/m1/s1. The minimum absolute atomic E-state index is 0.287. The van der Waals surface area contributed by atoms with E-state index in [1.165, 1.54) is 0 Å². The first-order valence-electron chi connectivity index (χ1n) is 6.50. The molecule has 0 radical (unpaired) electrons. The summed E-state index contributed by atoms with van der Waals surface area (Å²) in [4.78, 5) is 11.7. The molecule has 20 heavy (non-hydrogen) atoms. The molecular weight excluding hydrogens is 328 g/mol. The average molecular weight is 347 g/mol. The fourth-order valence-electron chi connectivity index (χ4n) is 2.51. The van der Waals surface area contributed by atoms with Crippen LogP contribution in [0.3, 0.4) is 0 Å². The van der Waals surface area contributed by atoms with Crippen LogP contribution in [0, 0.1) is 0 Å². The van der Waals surface area contributed by atoms with Crippen molar-refractivity contribution < 1.29 is 23.7 Å². The van der Waals surface area contributed by atoms with E-state index in [-0.39, 0.29) is 18.2 Å². The second kappa shape index (κ2) is 5.60. The number of hydrogen-bond donors (Lipinski definition) is 0. The highest BCUT2D eigenvalue weighted by Crippen LogP contribution is 2.53. The first-order valence-corrected chi connectivity index (χ1v) is 7.29. The molecule has 5 nitrogen and oxygen atoms in total. The fraction of sp³-hybridized carbons (Fsp3) is 0.643. The molecule has 2 rings (SSSR count). The molecule has 0 aromatic rings. The molecule has 3 atom stereocenters. The topological polar surface area (TPSA) is 57.3 Å². The monoisotopic (exact) mass is 346 g/mol. The van der Waals surface area contributed by atoms with Gasteiger partial charge >= 0.3 is 5.97 Å². The normalized spacial score (nSPS) is 34.5. The zero-order valence-electron chi connectivity index (χ0n) is 12.0. The first kappa shape index (κ1) is 15.7. The summed E-state index contributed by atoms with van der Waals surface area (Å²) in [5.74, 6) is -1.24. The molecule has 0 N–H and O–H groups in total. The summed E-state index contributed by atoms with van der Waals surface area (Å²) in [7, 11) is 3.11. The van der Waals surface area contributed by atoms with Gasteiger partial charge in [0.1, 0.15) is 12.2 Å². The molecule has 0 spiro atoms. The summed E-state index contributed by atoms with van der Waals surface area (Å²) in [6.45, 7) is 3.62. The maximum atomic E-state index is 11.7. The Labute approximate surface area is 127 Å². The van der Waals surface area contributed by atoms with Crippen molar-refractivity contribution in [1.29, 1.82) is 0 Å². The average Bonchev–Trinajstić information content (AvgIpc) is 3.24. The molecule has 0 aromatic carbocycles. The lowest BCUT2D eigenvalue weighted by Gasteiger charge is -2.37. The number of rotatable bonds is 5. The number of ether oxygens (including phenoxy) is 4. The lowest BCUT2D eigenvalue weighted by atomic mass is 9.87. The summed E-state index contributed by atoms with van der Waals surface area (Å²) >= 11 is 3.49. The van der Waals surface area contributed by atoms with Crippen molar-refractivity contribution >= 4 is 21.9 Å². The van der Waals surface area contributed by atoms with Gasteiger partial charge in [0, 0.05) is 25.1 Å².